The summed E-state index contributed by atoms with van der Waals surface area (Å²) < 4.78 is 0. The van der Waals surface area contributed by atoms with Crippen molar-refractivity contribution in [2.24, 2.45) is 0 Å². The number of benzene rings is 1. The molecule has 0 saturated carbocycles. The van der Waals surface area contributed by atoms with E-state index in [0.717, 1.165) is 47.3 Å². The van der Waals surface area contributed by atoms with Gasteiger partial charge in [0, 0.05) is 49.7 Å². The Bertz CT molecular complexity index is 808. The highest BCUT2D eigenvalue weighted by molar-refractivity contribution is 6.31. The van der Waals surface area contributed by atoms with Crippen LogP contribution < -0.4 is 5.32 Å². The minimum absolute atomic E-state index is 0.740. The number of hydrogen-bond acceptors (Lipinski definition) is 4. The van der Waals surface area contributed by atoms with Crippen LogP contribution in [0.4, 0.5) is 5.82 Å². The van der Waals surface area contributed by atoms with E-state index in [0.29, 0.717) is 0 Å². The van der Waals surface area contributed by atoms with Crippen molar-refractivity contribution in [1.82, 2.24) is 14.9 Å². The minimum atomic E-state index is 0.740. The first-order valence-electron chi connectivity index (χ1n) is 8.23. The van der Waals surface area contributed by atoms with Crippen molar-refractivity contribution in [2.45, 2.75) is 19.6 Å². The van der Waals surface area contributed by atoms with Crippen LogP contribution in [-0.4, -0.2) is 21.9 Å². The molecule has 0 bridgehead atoms. The summed E-state index contributed by atoms with van der Waals surface area (Å²) in [7, 11) is 1.89. The molecule has 4 nitrogen and oxygen atoms in total. The van der Waals surface area contributed by atoms with Gasteiger partial charge in [-0.2, -0.15) is 0 Å². The van der Waals surface area contributed by atoms with Crippen LogP contribution in [-0.2, 0) is 19.6 Å². The standard InChI is InChI=1S/C20H21ClN4/c1-22-20-17(8-6-12-24-20)14-25(15-18-9-4-5-11-23-18)13-16-7-2-3-10-19(16)21/h2-12H,13-15H2,1H3,(H,22,24). The first kappa shape index (κ1) is 17.4. The Labute approximate surface area is 153 Å². The zero-order valence-electron chi connectivity index (χ0n) is 14.2. The molecule has 0 spiro atoms. The number of rotatable bonds is 7. The van der Waals surface area contributed by atoms with Gasteiger partial charge < -0.3 is 5.32 Å². The molecule has 3 aromatic rings. The third kappa shape index (κ3) is 4.78. The number of pyridine rings is 2. The van der Waals surface area contributed by atoms with Crippen LogP contribution >= 0.6 is 11.6 Å². The number of hydrogen-bond donors (Lipinski definition) is 1. The second-order valence-corrected chi connectivity index (χ2v) is 6.23. The maximum atomic E-state index is 6.37. The van der Waals surface area contributed by atoms with Crippen molar-refractivity contribution in [3.8, 4) is 0 Å². The normalized spacial score (nSPS) is 10.8. The minimum Gasteiger partial charge on any atom is -0.373 e. The maximum absolute atomic E-state index is 6.37. The van der Waals surface area contributed by atoms with Gasteiger partial charge in [-0.05, 0) is 29.8 Å². The molecule has 0 saturated heterocycles. The Balaban J connectivity index is 1.84. The van der Waals surface area contributed by atoms with Gasteiger partial charge >= 0.3 is 0 Å². The van der Waals surface area contributed by atoms with Gasteiger partial charge in [-0.25, -0.2) is 4.98 Å². The van der Waals surface area contributed by atoms with Crippen LogP contribution in [0.15, 0.2) is 67.0 Å². The van der Waals surface area contributed by atoms with Crippen LogP contribution in [0.5, 0.6) is 0 Å². The molecule has 0 aliphatic rings. The number of aromatic nitrogens is 2. The van der Waals surface area contributed by atoms with Crippen molar-refractivity contribution in [3.63, 3.8) is 0 Å². The Morgan fingerprint density at radius 1 is 0.840 bits per heavy atom. The lowest BCUT2D eigenvalue weighted by Gasteiger charge is -2.23. The Hall–Kier alpha value is -2.43. The number of nitrogens with one attached hydrogen (secondary N) is 1. The summed E-state index contributed by atoms with van der Waals surface area (Å²) in [5.74, 6) is 0.896. The fourth-order valence-corrected chi connectivity index (χ4v) is 2.98. The predicted molar refractivity (Wildman–Crippen MR) is 102 cm³/mol. The largest absolute Gasteiger partial charge is 0.373 e. The Morgan fingerprint density at radius 3 is 2.32 bits per heavy atom. The SMILES string of the molecule is CNc1ncccc1CN(Cc1ccccn1)Cc1ccccc1Cl. The van der Waals surface area contributed by atoms with Crippen LogP contribution in [0.25, 0.3) is 0 Å². The monoisotopic (exact) mass is 352 g/mol. The molecule has 0 fully saturated rings. The third-order valence-electron chi connectivity index (χ3n) is 3.99. The van der Waals surface area contributed by atoms with Crippen LogP contribution in [0.2, 0.25) is 5.02 Å². The van der Waals surface area contributed by atoms with Crippen molar-refractivity contribution >= 4 is 17.4 Å². The van der Waals surface area contributed by atoms with E-state index in [4.69, 9.17) is 11.6 Å². The van der Waals surface area contributed by atoms with Crippen LogP contribution in [0.3, 0.4) is 0 Å². The molecule has 1 N–H and O–H groups in total. The van der Waals surface area contributed by atoms with E-state index in [2.05, 4.69) is 32.3 Å². The average molecular weight is 353 g/mol. The molecule has 1 aromatic carbocycles. The van der Waals surface area contributed by atoms with E-state index in [9.17, 15) is 0 Å². The highest BCUT2D eigenvalue weighted by Crippen LogP contribution is 2.21. The molecular formula is C20H21ClN4. The Morgan fingerprint density at radius 2 is 1.56 bits per heavy atom. The molecule has 0 amide bonds. The lowest BCUT2D eigenvalue weighted by atomic mass is 10.1. The van der Waals surface area contributed by atoms with Gasteiger partial charge in [-0.1, -0.05) is 41.9 Å². The molecular weight excluding hydrogens is 332 g/mol. The van der Waals surface area contributed by atoms with E-state index in [1.165, 1.54) is 0 Å². The third-order valence-corrected chi connectivity index (χ3v) is 4.35. The predicted octanol–water partition coefficient (Wildman–Crippen LogP) is 4.37. The van der Waals surface area contributed by atoms with Crippen LogP contribution in [0.1, 0.15) is 16.8 Å². The molecule has 3 rings (SSSR count). The lowest BCUT2D eigenvalue weighted by Crippen LogP contribution is -2.23. The fraction of sp³-hybridized carbons (Fsp3) is 0.200. The number of halogens is 1. The molecule has 2 aromatic heterocycles. The smallest absolute Gasteiger partial charge is 0.130 e. The van der Waals surface area contributed by atoms with Crippen LogP contribution in [0, 0.1) is 0 Å². The molecule has 128 valence electrons. The van der Waals surface area contributed by atoms with E-state index >= 15 is 0 Å². The zero-order valence-corrected chi connectivity index (χ0v) is 14.9. The quantitative estimate of drug-likeness (QED) is 0.685. The summed E-state index contributed by atoms with van der Waals surface area (Å²) in [5.41, 5.74) is 3.28. The first-order chi connectivity index (χ1) is 12.3. The molecule has 0 radical (unpaired) electrons. The first-order valence-corrected chi connectivity index (χ1v) is 8.61. The second-order valence-electron chi connectivity index (χ2n) is 5.82. The highest BCUT2D eigenvalue weighted by atomic mass is 35.5. The van der Waals surface area contributed by atoms with E-state index in [1.54, 1.807) is 6.20 Å². The van der Waals surface area contributed by atoms with Gasteiger partial charge in [0.25, 0.3) is 0 Å². The molecule has 0 atom stereocenters. The molecule has 2 heterocycles. The Kier molecular flexibility index (Phi) is 5.99. The zero-order chi connectivity index (χ0) is 17.5. The van der Waals surface area contributed by atoms with Gasteiger partial charge in [-0.15, -0.1) is 0 Å². The van der Waals surface area contributed by atoms with Crippen molar-refractivity contribution in [2.75, 3.05) is 12.4 Å². The molecule has 25 heavy (non-hydrogen) atoms. The summed E-state index contributed by atoms with van der Waals surface area (Å²) in [6.07, 6.45) is 3.62. The van der Waals surface area contributed by atoms with Gasteiger partial charge in [0.2, 0.25) is 0 Å². The average Bonchev–Trinajstić information content (AvgIpc) is 2.65. The van der Waals surface area contributed by atoms with Gasteiger partial charge in [0.15, 0.2) is 0 Å². The molecule has 0 aliphatic heterocycles. The van der Waals surface area contributed by atoms with E-state index in [1.807, 2.05) is 55.7 Å². The summed E-state index contributed by atoms with van der Waals surface area (Å²) >= 11 is 6.37. The summed E-state index contributed by atoms with van der Waals surface area (Å²) in [6.45, 7) is 2.24. The lowest BCUT2D eigenvalue weighted by molar-refractivity contribution is 0.245. The molecule has 5 heteroatoms. The van der Waals surface area contributed by atoms with E-state index < -0.39 is 0 Å². The maximum Gasteiger partial charge on any atom is 0.130 e. The van der Waals surface area contributed by atoms with Gasteiger partial charge in [-0.3, -0.25) is 9.88 Å². The fourth-order valence-electron chi connectivity index (χ4n) is 2.79. The number of anilines is 1. The summed E-state index contributed by atoms with van der Waals surface area (Å²) in [5, 5.41) is 3.95. The van der Waals surface area contributed by atoms with E-state index in [-0.39, 0.29) is 0 Å². The van der Waals surface area contributed by atoms with Crippen molar-refractivity contribution < 1.29 is 0 Å². The second kappa shape index (κ2) is 8.60. The van der Waals surface area contributed by atoms with Crippen molar-refractivity contribution in [3.05, 3.63) is 88.8 Å². The summed E-state index contributed by atoms with van der Waals surface area (Å²) in [6, 6.07) is 18.0. The molecule has 0 unspecified atom stereocenters. The van der Waals surface area contributed by atoms with Gasteiger partial charge in [0.05, 0.1) is 5.69 Å². The highest BCUT2D eigenvalue weighted by Gasteiger charge is 2.13. The summed E-state index contributed by atoms with van der Waals surface area (Å²) in [4.78, 5) is 11.2. The van der Waals surface area contributed by atoms with Crippen molar-refractivity contribution in [1.29, 1.82) is 0 Å². The van der Waals surface area contributed by atoms with Gasteiger partial charge in [0.1, 0.15) is 5.82 Å². The molecule has 0 aliphatic carbocycles. The number of nitrogens with zero attached hydrogens (tertiary/aromatic N) is 3. The topological polar surface area (TPSA) is 41.1 Å².